The molecule has 5 heteroatoms. The molecule has 0 radical (unpaired) electrons. The molecule has 0 aliphatic heterocycles. The fourth-order valence-corrected chi connectivity index (χ4v) is 2.27. The van der Waals surface area contributed by atoms with Gasteiger partial charge >= 0.3 is 0 Å². The van der Waals surface area contributed by atoms with E-state index in [2.05, 4.69) is 12.2 Å². The van der Waals surface area contributed by atoms with Crippen LogP contribution in [-0.2, 0) is 6.54 Å². The van der Waals surface area contributed by atoms with E-state index in [1.165, 1.54) is 0 Å². The predicted molar refractivity (Wildman–Crippen MR) is 81.2 cm³/mol. The Bertz CT molecular complexity index is 592. The van der Waals surface area contributed by atoms with Crippen LogP contribution in [0.5, 0.6) is 17.2 Å². The Morgan fingerprint density at radius 1 is 0.952 bits per heavy atom. The quantitative estimate of drug-likeness (QED) is 0.849. The van der Waals surface area contributed by atoms with Gasteiger partial charge in [0, 0.05) is 11.1 Å². The third-order valence-corrected chi connectivity index (χ3v) is 3.28. The number of nitrogens with one attached hydrogen (secondary N) is 1. The molecular formula is C16H21NO4. The first-order chi connectivity index (χ1) is 10.3. The van der Waals surface area contributed by atoms with E-state index in [0.29, 0.717) is 23.8 Å². The van der Waals surface area contributed by atoms with Crippen molar-refractivity contribution in [2.24, 2.45) is 0 Å². The van der Waals surface area contributed by atoms with Gasteiger partial charge in [-0.2, -0.15) is 0 Å². The molecule has 0 unspecified atom stereocenters. The molecule has 0 saturated carbocycles. The van der Waals surface area contributed by atoms with Crippen molar-refractivity contribution in [2.75, 3.05) is 27.9 Å². The summed E-state index contributed by atoms with van der Waals surface area (Å²) in [5, 5.41) is 3.26. The number of ether oxygens (including phenoxy) is 3. The van der Waals surface area contributed by atoms with Gasteiger partial charge in [0.1, 0.15) is 5.76 Å². The molecule has 2 aromatic rings. The van der Waals surface area contributed by atoms with Crippen LogP contribution in [-0.4, -0.2) is 27.9 Å². The van der Waals surface area contributed by atoms with E-state index in [-0.39, 0.29) is 0 Å². The second kappa shape index (κ2) is 7.04. The van der Waals surface area contributed by atoms with Crippen LogP contribution in [0.25, 0.3) is 11.1 Å². The van der Waals surface area contributed by atoms with Gasteiger partial charge in [0.15, 0.2) is 11.5 Å². The topological polar surface area (TPSA) is 52.9 Å². The highest BCUT2D eigenvalue weighted by molar-refractivity contribution is 5.77. The highest BCUT2D eigenvalue weighted by Crippen LogP contribution is 2.45. The van der Waals surface area contributed by atoms with Gasteiger partial charge in [0.05, 0.1) is 34.1 Å². The monoisotopic (exact) mass is 291 g/mol. The Hall–Kier alpha value is -2.14. The van der Waals surface area contributed by atoms with Crippen molar-refractivity contribution in [1.82, 2.24) is 5.32 Å². The van der Waals surface area contributed by atoms with Gasteiger partial charge in [-0.05, 0) is 24.7 Å². The summed E-state index contributed by atoms with van der Waals surface area (Å²) in [7, 11) is 4.81. The minimum atomic E-state index is 0.577. The lowest BCUT2D eigenvalue weighted by atomic mass is 10.0. The van der Waals surface area contributed by atoms with Gasteiger partial charge in [-0.15, -0.1) is 0 Å². The van der Waals surface area contributed by atoms with Crippen LogP contribution in [0.3, 0.4) is 0 Å². The summed E-state index contributed by atoms with van der Waals surface area (Å²) in [6.45, 7) is 3.60. The first kappa shape index (κ1) is 15.3. The molecular weight excluding hydrogens is 270 g/mol. The Kier molecular flexibility index (Phi) is 5.11. The highest BCUT2D eigenvalue weighted by Gasteiger charge is 2.20. The van der Waals surface area contributed by atoms with Crippen LogP contribution in [0.4, 0.5) is 0 Å². The van der Waals surface area contributed by atoms with Gasteiger partial charge < -0.3 is 23.9 Å². The van der Waals surface area contributed by atoms with Crippen LogP contribution in [0, 0.1) is 0 Å². The fourth-order valence-electron chi connectivity index (χ4n) is 2.27. The number of methoxy groups -OCH3 is 3. The molecule has 0 atom stereocenters. The molecule has 0 spiro atoms. The molecule has 114 valence electrons. The molecule has 0 amide bonds. The second-order valence-electron chi connectivity index (χ2n) is 4.42. The van der Waals surface area contributed by atoms with E-state index in [1.807, 2.05) is 18.2 Å². The number of hydrogen-bond acceptors (Lipinski definition) is 5. The first-order valence-corrected chi connectivity index (χ1v) is 6.83. The Labute approximate surface area is 124 Å². The van der Waals surface area contributed by atoms with Crippen molar-refractivity contribution in [3.05, 3.63) is 30.2 Å². The molecule has 21 heavy (non-hydrogen) atoms. The number of benzene rings is 1. The van der Waals surface area contributed by atoms with Crippen molar-refractivity contribution in [2.45, 2.75) is 13.5 Å². The first-order valence-electron chi connectivity index (χ1n) is 6.83. The van der Waals surface area contributed by atoms with Crippen molar-refractivity contribution in [1.29, 1.82) is 0 Å². The Balaban J connectivity index is 2.51. The summed E-state index contributed by atoms with van der Waals surface area (Å²) in [4.78, 5) is 0. The van der Waals surface area contributed by atoms with Crippen LogP contribution >= 0.6 is 0 Å². The standard InChI is InChI=1S/C16H21NO4/c1-5-17-10-14-11(8-9-21-14)12-6-7-13(18-2)16(20-4)15(12)19-3/h6-9,17H,5,10H2,1-4H3. The SMILES string of the molecule is CCNCc1occc1-c1ccc(OC)c(OC)c1OC. The smallest absolute Gasteiger partial charge is 0.203 e. The molecule has 0 saturated heterocycles. The van der Waals surface area contributed by atoms with Crippen LogP contribution in [0.15, 0.2) is 28.9 Å². The largest absolute Gasteiger partial charge is 0.493 e. The van der Waals surface area contributed by atoms with Crippen LogP contribution in [0.1, 0.15) is 12.7 Å². The van der Waals surface area contributed by atoms with E-state index < -0.39 is 0 Å². The Morgan fingerprint density at radius 3 is 2.33 bits per heavy atom. The van der Waals surface area contributed by atoms with Gasteiger partial charge in [-0.25, -0.2) is 0 Å². The van der Waals surface area contributed by atoms with Crippen molar-refractivity contribution < 1.29 is 18.6 Å². The van der Waals surface area contributed by atoms with Crippen molar-refractivity contribution >= 4 is 0 Å². The van der Waals surface area contributed by atoms with Crippen LogP contribution < -0.4 is 19.5 Å². The third-order valence-electron chi connectivity index (χ3n) is 3.28. The minimum Gasteiger partial charge on any atom is -0.493 e. The summed E-state index contributed by atoms with van der Waals surface area (Å²) in [6.07, 6.45) is 1.68. The molecule has 0 fully saturated rings. The van der Waals surface area contributed by atoms with Gasteiger partial charge in [-0.3, -0.25) is 0 Å². The molecule has 1 aromatic carbocycles. The summed E-state index contributed by atoms with van der Waals surface area (Å²) >= 11 is 0. The predicted octanol–water partition coefficient (Wildman–Crippen LogP) is 3.08. The van der Waals surface area contributed by atoms with Gasteiger partial charge in [-0.1, -0.05) is 6.92 Å². The Morgan fingerprint density at radius 2 is 1.71 bits per heavy atom. The van der Waals surface area contributed by atoms with Crippen LogP contribution in [0.2, 0.25) is 0 Å². The van der Waals surface area contributed by atoms with Crippen molar-refractivity contribution in [3.8, 4) is 28.4 Å². The average molecular weight is 291 g/mol. The molecule has 0 aliphatic carbocycles. The lowest BCUT2D eigenvalue weighted by Crippen LogP contribution is -2.11. The van der Waals surface area contributed by atoms with Gasteiger partial charge in [0.25, 0.3) is 0 Å². The lowest BCUT2D eigenvalue weighted by molar-refractivity contribution is 0.325. The molecule has 0 bridgehead atoms. The number of rotatable bonds is 7. The zero-order valence-corrected chi connectivity index (χ0v) is 12.9. The average Bonchev–Trinajstić information content (AvgIpc) is 2.99. The zero-order valence-electron chi connectivity index (χ0n) is 12.9. The molecule has 5 nitrogen and oxygen atoms in total. The van der Waals surface area contributed by atoms with E-state index in [9.17, 15) is 0 Å². The zero-order chi connectivity index (χ0) is 15.2. The molecule has 1 N–H and O–H groups in total. The molecule has 1 aromatic heterocycles. The number of furan rings is 1. The van der Waals surface area contributed by atoms with E-state index in [4.69, 9.17) is 18.6 Å². The normalized spacial score (nSPS) is 10.5. The van der Waals surface area contributed by atoms with E-state index >= 15 is 0 Å². The maximum Gasteiger partial charge on any atom is 0.203 e. The summed E-state index contributed by atoms with van der Waals surface area (Å²) < 4.78 is 21.8. The van der Waals surface area contributed by atoms with Crippen molar-refractivity contribution in [3.63, 3.8) is 0 Å². The number of hydrogen-bond donors (Lipinski definition) is 1. The van der Waals surface area contributed by atoms with E-state index in [1.54, 1.807) is 27.6 Å². The van der Waals surface area contributed by atoms with E-state index in [0.717, 1.165) is 23.4 Å². The third kappa shape index (κ3) is 2.97. The summed E-state index contributed by atoms with van der Waals surface area (Å²) in [6, 6.07) is 5.73. The maximum absolute atomic E-state index is 5.56. The fraction of sp³-hybridized carbons (Fsp3) is 0.375. The molecule has 0 aliphatic rings. The highest BCUT2D eigenvalue weighted by atomic mass is 16.5. The molecule has 1 heterocycles. The summed E-state index contributed by atoms with van der Waals surface area (Å²) in [5.74, 6) is 2.71. The molecule has 2 rings (SSSR count). The second-order valence-corrected chi connectivity index (χ2v) is 4.42. The van der Waals surface area contributed by atoms with Gasteiger partial charge in [0.2, 0.25) is 5.75 Å². The summed E-state index contributed by atoms with van der Waals surface area (Å²) in [5.41, 5.74) is 1.89. The minimum absolute atomic E-state index is 0.577. The lowest BCUT2D eigenvalue weighted by Gasteiger charge is -2.15. The maximum atomic E-state index is 5.56.